The second kappa shape index (κ2) is 7.87. The van der Waals surface area contributed by atoms with E-state index in [9.17, 15) is 31.5 Å². The molecule has 5 aliphatic rings. The van der Waals surface area contributed by atoms with Gasteiger partial charge in [-0.25, -0.2) is 18.2 Å². The van der Waals surface area contributed by atoms with Gasteiger partial charge in [-0.1, -0.05) is 6.07 Å². The van der Waals surface area contributed by atoms with Crippen LogP contribution in [0.15, 0.2) is 29.2 Å². The van der Waals surface area contributed by atoms with E-state index in [0.717, 1.165) is 30.8 Å². The van der Waals surface area contributed by atoms with Crippen molar-refractivity contribution < 1.29 is 36.2 Å². The molecule has 14 heteroatoms. The Hall–Kier alpha value is -2.87. The zero-order valence-electron chi connectivity index (χ0n) is 20.9. The number of likely N-dealkylation sites (tertiary alicyclic amines) is 2. The molecule has 5 fully saturated rings. The molecule has 0 atom stereocenters. The quantitative estimate of drug-likeness (QED) is 0.569. The van der Waals surface area contributed by atoms with Crippen LogP contribution in [0, 0.1) is 10.8 Å². The van der Waals surface area contributed by atoms with Crippen LogP contribution in [0.1, 0.15) is 56.1 Å². The molecule has 0 radical (unpaired) electrons. The molecule has 0 bridgehead atoms. The van der Waals surface area contributed by atoms with E-state index in [1.165, 1.54) is 12.1 Å². The molecule has 1 aromatic carbocycles. The molecule has 39 heavy (non-hydrogen) atoms. The predicted molar refractivity (Wildman–Crippen MR) is 128 cm³/mol. The van der Waals surface area contributed by atoms with Crippen LogP contribution >= 0.6 is 0 Å². The van der Waals surface area contributed by atoms with Gasteiger partial charge in [0, 0.05) is 42.9 Å². The normalized spacial score (nSPS) is 25.0. The first-order valence-corrected chi connectivity index (χ1v) is 14.6. The summed E-state index contributed by atoms with van der Waals surface area (Å²) in [4.78, 5) is 20.8. The van der Waals surface area contributed by atoms with Crippen LogP contribution in [0.3, 0.4) is 0 Å². The Bertz CT molecular complexity index is 1430. The van der Waals surface area contributed by atoms with Gasteiger partial charge in [0.2, 0.25) is 0 Å². The molecule has 1 aromatic heterocycles. The van der Waals surface area contributed by atoms with Gasteiger partial charge in [0.15, 0.2) is 15.7 Å². The standard InChI is InChI=1S/C25H28F3N5O5S/c26-25(27,28)38-16-2-1-3-17(6-16)39(36,37)18-9-23(10-18)13-33(14-23)21(34)32-11-22(12-32)7-15(8-22)19-29-20(31-30-19)24(35)4-5-24/h1-3,6,15,18,35H,4-5,7-14H2,(H,29,30,31). The third-order valence-corrected chi connectivity index (χ3v) is 11.3. The van der Waals surface area contributed by atoms with Crippen LogP contribution in [0.25, 0.3) is 0 Å². The van der Waals surface area contributed by atoms with Gasteiger partial charge in [-0.15, -0.1) is 13.2 Å². The third kappa shape index (κ3) is 4.17. The van der Waals surface area contributed by atoms with E-state index in [1.54, 1.807) is 4.90 Å². The lowest BCUT2D eigenvalue weighted by Crippen LogP contribution is -2.71. The summed E-state index contributed by atoms with van der Waals surface area (Å²) in [5.41, 5.74) is -0.995. The summed E-state index contributed by atoms with van der Waals surface area (Å²) in [7, 11) is -3.81. The Balaban J connectivity index is 0.881. The zero-order chi connectivity index (χ0) is 27.4. The molecule has 3 heterocycles. The number of aliphatic hydroxyl groups is 1. The van der Waals surface area contributed by atoms with Gasteiger partial charge in [0.25, 0.3) is 0 Å². The molecule has 0 unspecified atom stereocenters. The average molecular weight is 568 g/mol. The van der Waals surface area contributed by atoms with Crippen molar-refractivity contribution in [2.24, 2.45) is 10.8 Å². The number of rotatable bonds is 5. The lowest BCUT2D eigenvalue weighted by Gasteiger charge is -2.63. The first kappa shape index (κ1) is 25.1. The summed E-state index contributed by atoms with van der Waals surface area (Å²) in [6.07, 6.45) is -0.919. The van der Waals surface area contributed by atoms with E-state index in [2.05, 4.69) is 19.9 Å². The highest BCUT2D eigenvalue weighted by Crippen LogP contribution is 2.57. The van der Waals surface area contributed by atoms with Crippen molar-refractivity contribution >= 4 is 15.9 Å². The molecular weight excluding hydrogens is 539 g/mol. The molecule has 2 saturated heterocycles. The first-order chi connectivity index (χ1) is 18.3. The van der Waals surface area contributed by atoms with Crippen molar-refractivity contribution in [2.45, 2.75) is 66.6 Å². The highest BCUT2D eigenvalue weighted by molar-refractivity contribution is 7.92. The van der Waals surface area contributed by atoms with E-state index >= 15 is 0 Å². The Morgan fingerprint density at radius 2 is 1.67 bits per heavy atom. The highest BCUT2D eigenvalue weighted by Gasteiger charge is 2.60. The number of aromatic amines is 1. The van der Waals surface area contributed by atoms with Crippen molar-refractivity contribution in [3.8, 4) is 5.75 Å². The number of carbonyl (C=O) groups is 1. The second-order valence-electron chi connectivity index (χ2n) is 12.3. The molecule has 2 aromatic rings. The van der Waals surface area contributed by atoms with Crippen molar-refractivity contribution in [3.05, 3.63) is 35.9 Å². The summed E-state index contributed by atoms with van der Waals surface area (Å²) in [5, 5.41) is 16.6. The number of nitrogens with zero attached hydrogens (tertiary/aromatic N) is 4. The Morgan fingerprint density at radius 1 is 1.05 bits per heavy atom. The predicted octanol–water partition coefficient (Wildman–Crippen LogP) is 2.92. The number of H-pyrrole nitrogens is 1. The molecule has 2 amide bonds. The first-order valence-electron chi connectivity index (χ1n) is 13.1. The maximum absolute atomic E-state index is 13.0. The summed E-state index contributed by atoms with van der Waals surface area (Å²) >= 11 is 0. The summed E-state index contributed by atoms with van der Waals surface area (Å²) in [5.74, 6) is 0.975. The highest BCUT2D eigenvalue weighted by atomic mass is 32.2. The number of hydrogen-bond acceptors (Lipinski definition) is 7. The van der Waals surface area contributed by atoms with Crippen molar-refractivity contribution in [3.63, 3.8) is 0 Å². The van der Waals surface area contributed by atoms with Crippen LogP contribution in [0.2, 0.25) is 0 Å². The topological polar surface area (TPSA) is 129 Å². The van der Waals surface area contributed by atoms with Crippen LogP contribution in [-0.2, 0) is 15.4 Å². The number of nitrogens with one attached hydrogen (secondary N) is 1. The number of ether oxygens (including phenoxy) is 1. The third-order valence-electron chi connectivity index (χ3n) is 9.16. The lowest BCUT2D eigenvalue weighted by molar-refractivity contribution is -0.274. The summed E-state index contributed by atoms with van der Waals surface area (Å²) < 4.78 is 67.4. The van der Waals surface area contributed by atoms with Gasteiger partial charge in [0.05, 0.1) is 10.1 Å². The van der Waals surface area contributed by atoms with Crippen LogP contribution < -0.4 is 4.74 Å². The fourth-order valence-corrected chi connectivity index (χ4v) is 8.95. The fourth-order valence-electron chi connectivity index (χ4n) is 6.87. The van der Waals surface area contributed by atoms with Gasteiger partial charge in [0.1, 0.15) is 17.2 Å². The van der Waals surface area contributed by atoms with E-state index in [0.29, 0.717) is 57.7 Å². The van der Waals surface area contributed by atoms with Gasteiger partial charge >= 0.3 is 12.4 Å². The van der Waals surface area contributed by atoms with E-state index in [4.69, 9.17) is 0 Å². The molecule has 3 saturated carbocycles. The maximum atomic E-state index is 13.0. The number of halogens is 3. The number of hydrogen-bond donors (Lipinski definition) is 2. The SMILES string of the molecule is O=C(N1CC2(CC(c3nc(C4(O)CC4)n[nH]3)C2)C1)N1CC2(CC(S(=O)(=O)c3cccc(OC(F)(F)F)c3)C2)C1. The maximum Gasteiger partial charge on any atom is 0.573 e. The number of urea groups is 1. The minimum Gasteiger partial charge on any atom is -0.406 e. The number of alkyl halides is 3. The zero-order valence-corrected chi connectivity index (χ0v) is 21.8. The number of benzene rings is 1. The monoisotopic (exact) mass is 567 g/mol. The summed E-state index contributed by atoms with van der Waals surface area (Å²) in [6, 6.07) is 4.46. The van der Waals surface area contributed by atoms with E-state index in [1.807, 2.05) is 4.90 Å². The van der Waals surface area contributed by atoms with Crippen LogP contribution in [-0.4, -0.2) is 82.3 Å². The molecular formula is C25H28F3N5O5S. The number of amides is 2. The molecule has 2 aliphatic heterocycles. The van der Waals surface area contributed by atoms with Gasteiger partial charge in [-0.2, -0.15) is 5.10 Å². The van der Waals surface area contributed by atoms with Crippen LogP contribution in [0.5, 0.6) is 5.75 Å². The minimum atomic E-state index is -4.90. The van der Waals surface area contributed by atoms with E-state index in [-0.39, 0.29) is 27.7 Å². The Morgan fingerprint density at radius 3 is 2.26 bits per heavy atom. The van der Waals surface area contributed by atoms with Gasteiger partial charge in [-0.05, 0) is 56.7 Å². The van der Waals surface area contributed by atoms with Crippen molar-refractivity contribution in [1.82, 2.24) is 25.0 Å². The molecule has 2 spiro atoms. The average Bonchev–Trinajstić information content (AvgIpc) is 3.29. The smallest absolute Gasteiger partial charge is 0.406 e. The van der Waals surface area contributed by atoms with Crippen molar-refractivity contribution in [2.75, 3.05) is 26.2 Å². The van der Waals surface area contributed by atoms with Crippen molar-refractivity contribution in [1.29, 1.82) is 0 Å². The second-order valence-corrected chi connectivity index (χ2v) is 14.5. The Labute approximate surface area is 222 Å². The molecule has 3 aliphatic carbocycles. The minimum absolute atomic E-state index is 0.0316. The number of aromatic nitrogens is 3. The van der Waals surface area contributed by atoms with E-state index < -0.39 is 32.8 Å². The number of sulfone groups is 1. The number of carbonyl (C=O) groups excluding carboxylic acids is 1. The fraction of sp³-hybridized carbons (Fsp3) is 0.640. The molecule has 10 nitrogen and oxygen atoms in total. The molecule has 2 N–H and O–H groups in total. The summed E-state index contributed by atoms with van der Waals surface area (Å²) in [6.45, 7) is 2.35. The Kier molecular flexibility index (Phi) is 5.07. The van der Waals surface area contributed by atoms with Gasteiger partial charge in [-0.3, -0.25) is 5.10 Å². The molecule has 210 valence electrons. The lowest BCUT2D eigenvalue weighted by atomic mass is 9.57. The van der Waals surface area contributed by atoms with Gasteiger partial charge < -0.3 is 19.6 Å². The van der Waals surface area contributed by atoms with Crippen LogP contribution in [0.4, 0.5) is 18.0 Å². The molecule has 7 rings (SSSR count). The largest absolute Gasteiger partial charge is 0.573 e.